The van der Waals surface area contributed by atoms with E-state index in [9.17, 15) is 13.2 Å². The zero-order chi connectivity index (χ0) is 27.1. The minimum Gasteiger partial charge on any atom is -0.475 e. The maximum absolute atomic E-state index is 10.6. The summed E-state index contributed by atoms with van der Waals surface area (Å²) in [5.41, 5.74) is 8.47. The number of pyridine rings is 1. The van der Waals surface area contributed by atoms with Gasteiger partial charge in [0.1, 0.15) is 17.2 Å². The lowest BCUT2D eigenvalue weighted by Gasteiger charge is -2.41. The molecule has 0 amide bonds. The summed E-state index contributed by atoms with van der Waals surface area (Å²) in [6, 6.07) is 4.02. The minimum atomic E-state index is -5.08. The first-order valence-corrected chi connectivity index (χ1v) is 12.6. The Hall–Kier alpha value is -3.43. The Bertz CT molecular complexity index is 1450. The zero-order valence-corrected chi connectivity index (χ0v) is 21.2. The van der Waals surface area contributed by atoms with Crippen LogP contribution in [0.5, 0.6) is 0 Å². The molecule has 4 aromatic heterocycles. The van der Waals surface area contributed by atoms with Gasteiger partial charge in [0.2, 0.25) is 0 Å². The molecule has 0 aromatic carbocycles. The van der Waals surface area contributed by atoms with Crippen molar-refractivity contribution in [3.8, 4) is 0 Å². The Morgan fingerprint density at radius 2 is 1.95 bits per heavy atom. The molecule has 200 valence electrons. The monoisotopic (exact) mass is 567 g/mol. The van der Waals surface area contributed by atoms with Gasteiger partial charge in [0.15, 0.2) is 5.65 Å². The van der Waals surface area contributed by atoms with E-state index < -0.39 is 12.1 Å². The van der Waals surface area contributed by atoms with Gasteiger partial charge >= 0.3 is 12.1 Å². The van der Waals surface area contributed by atoms with E-state index >= 15 is 0 Å². The molecule has 0 radical (unpaired) electrons. The molecule has 1 fully saturated rings. The van der Waals surface area contributed by atoms with Crippen molar-refractivity contribution in [1.29, 1.82) is 0 Å². The molecule has 6 rings (SSSR count). The van der Waals surface area contributed by atoms with E-state index in [0.29, 0.717) is 10.7 Å². The number of fused-ring (bicyclic) bond motifs is 2. The van der Waals surface area contributed by atoms with Crippen LogP contribution in [-0.2, 0) is 11.3 Å². The molecule has 6 heterocycles. The molecule has 1 saturated heterocycles. The summed E-state index contributed by atoms with van der Waals surface area (Å²) in [4.78, 5) is 21.3. The molecule has 2 aliphatic heterocycles. The van der Waals surface area contributed by atoms with Crippen molar-refractivity contribution in [1.82, 2.24) is 34.3 Å². The van der Waals surface area contributed by atoms with Gasteiger partial charge in [-0.2, -0.15) is 18.3 Å². The molecular formula is C22H21ClF3N9O2S. The van der Waals surface area contributed by atoms with Crippen molar-refractivity contribution in [3.05, 3.63) is 54.0 Å². The number of hydrogen-bond donors (Lipinski definition) is 2. The van der Waals surface area contributed by atoms with Crippen LogP contribution in [-0.4, -0.2) is 64.7 Å². The highest BCUT2D eigenvalue weighted by Crippen LogP contribution is 2.47. The van der Waals surface area contributed by atoms with E-state index in [1.807, 2.05) is 30.7 Å². The van der Waals surface area contributed by atoms with Crippen LogP contribution in [0.2, 0.25) is 5.02 Å². The number of alkyl halides is 3. The number of nitrogens with two attached hydrogens (primary N) is 1. The summed E-state index contributed by atoms with van der Waals surface area (Å²) >= 11 is 7.93. The van der Waals surface area contributed by atoms with Crippen LogP contribution in [0.4, 0.5) is 19.0 Å². The second-order valence-electron chi connectivity index (χ2n) is 8.91. The van der Waals surface area contributed by atoms with Gasteiger partial charge in [-0.05, 0) is 25.0 Å². The number of carbonyl (C=O) groups is 1. The van der Waals surface area contributed by atoms with E-state index in [0.717, 1.165) is 53.9 Å². The largest absolute Gasteiger partial charge is 0.490 e. The molecule has 0 bridgehead atoms. The highest BCUT2D eigenvalue weighted by molar-refractivity contribution is 7.99. The number of piperidine rings is 1. The lowest BCUT2D eigenvalue weighted by molar-refractivity contribution is -0.192. The summed E-state index contributed by atoms with van der Waals surface area (Å²) in [7, 11) is 0. The SMILES string of the molecule is N[C@@H]1c2ccnn2CC12CCN(c1cnc(Sc3ccn4cnnc4c3Cl)cn1)CC2.O=C(O)C(F)(F)F. The van der Waals surface area contributed by atoms with Gasteiger partial charge in [-0.3, -0.25) is 9.08 Å². The number of rotatable bonds is 3. The summed E-state index contributed by atoms with van der Waals surface area (Å²) in [5, 5.41) is 20.8. The Labute approximate surface area is 222 Å². The molecule has 0 saturated carbocycles. The van der Waals surface area contributed by atoms with Crippen LogP contribution < -0.4 is 10.6 Å². The summed E-state index contributed by atoms with van der Waals surface area (Å²) in [6.45, 7) is 2.73. The molecular weight excluding hydrogens is 547 g/mol. The normalized spacial score (nSPS) is 18.3. The summed E-state index contributed by atoms with van der Waals surface area (Å²) in [5.74, 6) is -1.87. The Balaban J connectivity index is 0.000000374. The highest BCUT2D eigenvalue weighted by Gasteiger charge is 2.47. The lowest BCUT2D eigenvalue weighted by Crippen LogP contribution is -2.45. The van der Waals surface area contributed by atoms with E-state index in [1.165, 1.54) is 11.8 Å². The van der Waals surface area contributed by atoms with E-state index in [1.54, 1.807) is 16.9 Å². The van der Waals surface area contributed by atoms with Gasteiger partial charge in [0.25, 0.3) is 0 Å². The molecule has 0 unspecified atom stereocenters. The molecule has 2 aliphatic rings. The first kappa shape index (κ1) is 26.2. The molecule has 1 spiro atoms. The van der Waals surface area contributed by atoms with Gasteiger partial charge in [-0.1, -0.05) is 23.4 Å². The van der Waals surface area contributed by atoms with Crippen LogP contribution >= 0.6 is 23.4 Å². The van der Waals surface area contributed by atoms with Crippen molar-refractivity contribution in [2.75, 3.05) is 18.0 Å². The topological polar surface area (TPSA) is 140 Å². The van der Waals surface area contributed by atoms with Crippen LogP contribution in [0.15, 0.2) is 53.2 Å². The number of anilines is 1. The van der Waals surface area contributed by atoms with Crippen molar-refractivity contribution in [3.63, 3.8) is 0 Å². The minimum absolute atomic E-state index is 0.0503. The number of carboxylic acids is 1. The Kier molecular flexibility index (Phi) is 6.92. The number of hydrogen-bond acceptors (Lipinski definition) is 9. The standard InChI is InChI=1S/C20H20ClN9S.C2HF3O2/c21-17-14(2-6-29-12-25-27-19(17)29)31-16-10-23-15(9-24-16)28-7-3-20(4-8-28)11-30-13(18(20)22)1-5-26-30;3-2(4,5)1(6)7/h1-2,5-6,9-10,12,18H,3-4,7-8,11,22H2;(H,6,7)/t18-;/m1./s1. The third-order valence-corrected chi connectivity index (χ3v) is 8.18. The fourth-order valence-electron chi connectivity index (χ4n) is 4.66. The molecule has 4 aromatic rings. The fraction of sp³-hybridized carbons (Fsp3) is 0.364. The number of aromatic nitrogens is 7. The van der Waals surface area contributed by atoms with Gasteiger partial charge in [-0.15, -0.1) is 10.2 Å². The predicted octanol–water partition coefficient (Wildman–Crippen LogP) is 3.45. The Morgan fingerprint density at radius 1 is 1.21 bits per heavy atom. The van der Waals surface area contributed by atoms with Crippen molar-refractivity contribution >= 4 is 40.8 Å². The fourth-order valence-corrected chi connectivity index (χ4v) is 5.72. The summed E-state index contributed by atoms with van der Waals surface area (Å²) < 4.78 is 35.6. The lowest BCUT2D eigenvalue weighted by atomic mass is 9.73. The molecule has 16 heteroatoms. The van der Waals surface area contributed by atoms with Crippen LogP contribution in [0.25, 0.3) is 5.65 Å². The van der Waals surface area contributed by atoms with Crippen LogP contribution in [0, 0.1) is 5.41 Å². The summed E-state index contributed by atoms with van der Waals surface area (Å²) in [6.07, 6.45) is 5.93. The van der Waals surface area contributed by atoms with Gasteiger partial charge in [-0.25, -0.2) is 14.8 Å². The molecule has 0 aliphatic carbocycles. The molecule has 11 nitrogen and oxygen atoms in total. The maximum Gasteiger partial charge on any atom is 0.490 e. The number of nitrogens with zero attached hydrogens (tertiary/aromatic N) is 8. The third-order valence-electron chi connectivity index (χ3n) is 6.72. The van der Waals surface area contributed by atoms with E-state index in [-0.39, 0.29) is 11.5 Å². The number of halogens is 4. The average molecular weight is 568 g/mol. The third kappa shape index (κ3) is 5.00. The quantitative estimate of drug-likeness (QED) is 0.378. The van der Waals surface area contributed by atoms with E-state index in [4.69, 9.17) is 27.2 Å². The first-order chi connectivity index (χ1) is 18.1. The van der Waals surface area contributed by atoms with Crippen molar-refractivity contribution in [2.24, 2.45) is 11.1 Å². The second kappa shape index (κ2) is 10.0. The van der Waals surface area contributed by atoms with Crippen LogP contribution in [0.3, 0.4) is 0 Å². The number of carboxylic acid groups (broad SMARTS) is 1. The maximum atomic E-state index is 10.6. The number of aliphatic carboxylic acids is 1. The Morgan fingerprint density at radius 3 is 2.58 bits per heavy atom. The van der Waals surface area contributed by atoms with Crippen LogP contribution in [0.1, 0.15) is 24.6 Å². The van der Waals surface area contributed by atoms with Crippen molar-refractivity contribution < 1.29 is 23.1 Å². The average Bonchev–Trinajstić information content (AvgIpc) is 3.60. The van der Waals surface area contributed by atoms with Gasteiger partial charge in [0, 0.05) is 42.3 Å². The van der Waals surface area contributed by atoms with Gasteiger partial charge in [0.05, 0.1) is 29.2 Å². The second-order valence-corrected chi connectivity index (χ2v) is 10.4. The first-order valence-electron chi connectivity index (χ1n) is 11.4. The molecule has 3 N–H and O–H groups in total. The van der Waals surface area contributed by atoms with E-state index in [2.05, 4.69) is 34.8 Å². The molecule has 1 atom stereocenters. The van der Waals surface area contributed by atoms with Crippen molar-refractivity contribution in [2.45, 2.75) is 41.5 Å². The highest BCUT2D eigenvalue weighted by atomic mass is 35.5. The molecule has 38 heavy (non-hydrogen) atoms. The predicted molar refractivity (Wildman–Crippen MR) is 131 cm³/mol. The smallest absolute Gasteiger partial charge is 0.475 e. The zero-order valence-electron chi connectivity index (χ0n) is 19.6. The van der Waals surface area contributed by atoms with Gasteiger partial charge < -0.3 is 15.7 Å².